The fourth-order valence-corrected chi connectivity index (χ4v) is 3.81. The van der Waals surface area contributed by atoms with Crippen molar-refractivity contribution in [3.8, 4) is 11.5 Å². The summed E-state index contributed by atoms with van der Waals surface area (Å²) in [6, 6.07) is 11.7. The van der Waals surface area contributed by atoms with Crippen molar-refractivity contribution in [1.29, 1.82) is 0 Å². The van der Waals surface area contributed by atoms with E-state index in [0.29, 0.717) is 29.2 Å². The minimum atomic E-state index is -3.59. The zero-order chi connectivity index (χ0) is 22.5. The van der Waals surface area contributed by atoms with E-state index in [2.05, 4.69) is 5.32 Å². The lowest BCUT2D eigenvalue weighted by Gasteiger charge is -2.23. The molecule has 0 aliphatic carbocycles. The molecule has 1 N–H and O–H groups in total. The number of hydrogen-bond donors (Lipinski definition) is 1. The van der Waals surface area contributed by atoms with E-state index in [1.165, 1.54) is 21.1 Å². The van der Waals surface area contributed by atoms with Gasteiger partial charge >= 0.3 is 10.2 Å². The molecule has 0 radical (unpaired) electrons. The number of ether oxygens (including phenoxy) is 2. The lowest BCUT2D eigenvalue weighted by atomic mass is 10.0. The number of carbonyl (C=O) groups is 1. The van der Waals surface area contributed by atoms with Gasteiger partial charge < -0.3 is 14.8 Å². The first-order valence-electron chi connectivity index (χ1n) is 9.44. The van der Waals surface area contributed by atoms with E-state index in [0.717, 1.165) is 14.2 Å². The normalized spacial score (nSPS) is 12.4. The molecular formula is C21H29N3O5S. The summed E-state index contributed by atoms with van der Waals surface area (Å²) in [5, 5.41) is 3.01. The van der Waals surface area contributed by atoms with E-state index in [1.807, 2.05) is 19.1 Å². The van der Waals surface area contributed by atoms with E-state index in [9.17, 15) is 13.2 Å². The highest BCUT2D eigenvalue weighted by Crippen LogP contribution is 2.31. The third-order valence-electron chi connectivity index (χ3n) is 4.82. The number of methoxy groups -OCH3 is 2. The lowest BCUT2D eigenvalue weighted by molar-refractivity contribution is 0.0935. The predicted molar refractivity (Wildman–Crippen MR) is 117 cm³/mol. The van der Waals surface area contributed by atoms with Gasteiger partial charge in [0.1, 0.15) is 0 Å². The first-order chi connectivity index (χ1) is 14.1. The van der Waals surface area contributed by atoms with Crippen molar-refractivity contribution in [2.45, 2.75) is 19.4 Å². The summed E-state index contributed by atoms with van der Waals surface area (Å²) in [6.07, 6.45) is 0.684. The summed E-state index contributed by atoms with van der Waals surface area (Å²) in [7, 11) is 3.94. The minimum absolute atomic E-state index is 0.214. The Morgan fingerprint density at radius 3 is 2.10 bits per heavy atom. The maximum Gasteiger partial charge on any atom is 0.303 e. The van der Waals surface area contributed by atoms with Crippen molar-refractivity contribution in [1.82, 2.24) is 9.62 Å². The van der Waals surface area contributed by atoms with Gasteiger partial charge in [-0.25, -0.2) is 0 Å². The number of nitrogens with one attached hydrogen (secondary N) is 1. The van der Waals surface area contributed by atoms with Crippen LogP contribution in [0.15, 0.2) is 42.5 Å². The van der Waals surface area contributed by atoms with Crippen molar-refractivity contribution < 1.29 is 22.7 Å². The molecule has 1 unspecified atom stereocenters. The molecule has 164 valence electrons. The highest BCUT2D eigenvalue weighted by molar-refractivity contribution is 7.90. The van der Waals surface area contributed by atoms with Gasteiger partial charge in [0.05, 0.1) is 25.9 Å². The van der Waals surface area contributed by atoms with Gasteiger partial charge in [0.2, 0.25) is 0 Å². The number of anilines is 1. The molecule has 1 atom stereocenters. The van der Waals surface area contributed by atoms with Crippen molar-refractivity contribution in [2.75, 3.05) is 39.7 Å². The molecule has 0 fully saturated rings. The molecule has 2 aromatic carbocycles. The molecule has 9 heteroatoms. The molecule has 0 spiro atoms. The zero-order valence-corrected chi connectivity index (χ0v) is 19.0. The molecule has 0 aliphatic rings. The Morgan fingerprint density at radius 1 is 1.00 bits per heavy atom. The quantitative estimate of drug-likeness (QED) is 0.654. The average Bonchev–Trinajstić information content (AvgIpc) is 2.76. The van der Waals surface area contributed by atoms with Gasteiger partial charge in [0.15, 0.2) is 11.5 Å². The summed E-state index contributed by atoms with van der Waals surface area (Å²) in [4.78, 5) is 12.7. The highest BCUT2D eigenvalue weighted by Gasteiger charge is 2.21. The van der Waals surface area contributed by atoms with Crippen LogP contribution in [0.1, 0.15) is 35.3 Å². The molecule has 0 aromatic heterocycles. The van der Waals surface area contributed by atoms with E-state index >= 15 is 0 Å². The Bertz CT molecular complexity index is 975. The standard InChI is InChI=1S/C21H29N3O5S/c1-7-18(16-10-13-19(28-5)20(14-16)29-6)22-21(25)15-8-11-17(12-9-15)24(4)30(26,27)23(2)3/h8-14,18H,7H2,1-6H3,(H,22,25). The largest absolute Gasteiger partial charge is 0.493 e. The van der Waals surface area contributed by atoms with Crippen LogP contribution >= 0.6 is 0 Å². The third kappa shape index (κ3) is 5.03. The SMILES string of the molecule is CCC(NC(=O)c1ccc(N(C)S(=O)(=O)N(C)C)cc1)c1ccc(OC)c(OC)c1. The van der Waals surface area contributed by atoms with Crippen LogP contribution in [-0.4, -0.2) is 54.0 Å². The lowest BCUT2D eigenvalue weighted by Crippen LogP contribution is -2.37. The van der Waals surface area contributed by atoms with Gasteiger partial charge in [-0.2, -0.15) is 12.7 Å². The summed E-state index contributed by atoms with van der Waals surface area (Å²) >= 11 is 0. The van der Waals surface area contributed by atoms with Gasteiger partial charge in [-0.15, -0.1) is 0 Å². The van der Waals surface area contributed by atoms with E-state index in [4.69, 9.17) is 9.47 Å². The minimum Gasteiger partial charge on any atom is -0.493 e. The molecule has 8 nitrogen and oxygen atoms in total. The first-order valence-corrected chi connectivity index (χ1v) is 10.8. The Morgan fingerprint density at radius 2 is 1.60 bits per heavy atom. The van der Waals surface area contributed by atoms with Crippen LogP contribution < -0.4 is 19.1 Å². The predicted octanol–water partition coefficient (Wildman–Crippen LogP) is 2.83. The molecule has 0 aliphatic heterocycles. The van der Waals surface area contributed by atoms with E-state index in [1.54, 1.807) is 44.6 Å². The fraction of sp³-hybridized carbons (Fsp3) is 0.381. The second-order valence-corrected chi connectivity index (χ2v) is 9.03. The van der Waals surface area contributed by atoms with Crippen molar-refractivity contribution in [3.05, 3.63) is 53.6 Å². The van der Waals surface area contributed by atoms with Crippen LogP contribution in [0.4, 0.5) is 5.69 Å². The molecule has 0 bridgehead atoms. The van der Waals surface area contributed by atoms with Crippen LogP contribution in [0.2, 0.25) is 0 Å². The number of nitrogens with zero attached hydrogens (tertiary/aromatic N) is 2. The average molecular weight is 436 g/mol. The Hall–Kier alpha value is -2.78. The molecular weight excluding hydrogens is 406 g/mol. The summed E-state index contributed by atoms with van der Waals surface area (Å²) < 4.78 is 37.4. The number of rotatable bonds is 9. The summed E-state index contributed by atoms with van der Waals surface area (Å²) in [5.74, 6) is 0.966. The monoisotopic (exact) mass is 435 g/mol. The number of carbonyl (C=O) groups excluding carboxylic acids is 1. The van der Waals surface area contributed by atoms with Crippen LogP contribution in [0, 0.1) is 0 Å². The molecule has 30 heavy (non-hydrogen) atoms. The van der Waals surface area contributed by atoms with Crippen molar-refractivity contribution in [3.63, 3.8) is 0 Å². The first kappa shape index (κ1) is 23.5. The number of benzene rings is 2. The van der Waals surface area contributed by atoms with Gasteiger partial charge in [-0.3, -0.25) is 9.10 Å². The van der Waals surface area contributed by atoms with Crippen LogP contribution in [0.5, 0.6) is 11.5 Å². The number of hydrogen-bond acceptors (Lipinski definition) is 5. The molecule has 2 rings (SSSR count). The third-order valence-corrected chi connectivity index (χ3v) is 6.65. The maximum absolute atomic E-state index is 12.7. The molecule has 0 heterocycles. The fourth-order valence-electron chi connectivity index (χ4n) is 2.93. The second-order valence-electron chi connectivity index (χ2n) is 6.85. The van der Waals surface area contributed by atoms with Gasteiger partial charge in [-0.1, -0.05) is 13.0 Å². The van der Waals surface area contributed by atoms with Gasteiger partial charge in [-0.05, 0) is 48.4 Å². The maximum atomic E-state index is 12.7. The Kier molecular flexibility index (Phi) is 7.69. The topological polar surface area (TPSA) is 88.2 Å². The Labute approximate surface area is 178 Å². The van der Waals surface area contributed by atoms with Gasteiger partial charge in [0, 0.05) is 26.7 Å². The smallest absolute Gasteiger partial charge is 0.303 e. The molecule has 2 aromatic rings. The van der Waals surface area contributed by atoms with Crippen LogP contribution in [0.3, 0.4) is 0 Å². The highest BCUT2D eigenvalue weighted by atomic mass is 32.2. The van der Waals surface area contributed by atoms with Crippen molar-refractivity contribution in [2.24, 2.45) is 0 Å². The van der Waals surface area contributed by atoms with Crippen LogP contribution in [0.25, 0.3) is 0 Å². The molecule has 0 saturated carbocycles. The number of amides is 1. The van der Waals surface area contributed by atoms with E-state index < -0.39 is 10.2 Å². The van der Waals surface area contributed by atoms with Crippen LogP contribution in [-0.2, 0) is 10.2 Å². The Balaban J connectivity index is 2.18. The summed E-state index contributed by atoms with van der Waals surface area (Å²) in [5.41, 5.74) is 1.80. The van der Waals surface area contributed by atoms with Gasteiger partial charge in [0.25, 0.3) is 5.91 Å². The second kappa shape index (κ2) is 9.82. The molecule has 1 amide bonds. The van der Waals surface area contributed by atoms with E-state index in [-0.39, 0.29) is 11.9 Å². The van der Waals surface area contributed by atoms with Crippen molar-refractivity contribution >= 4 is 21.8 Å². The molecule has 0 saturated heterocycles. The summed E-state index contributed by atoms with van der Waals surface area (Å²) in [6.45, 7) is 1.98. The zero-order valence-electron chi connectivity index (χ0n) is 18.2.